The predicted molar refractivity (Wildman–Crippen MR) is 82.0 cm³/mol. The molecule has 0 amide bonds. The van der Waals surface area contributed by atoms with Crippen molar-refractivity contribution >= 4 is 5.95 Å². The van der Waals surface area contributed by atoms with Gasteiger partial charge in [-0.2, -0.15) is 0 Å². The first-order chi connectivity index (χ1) is 10.1. The highest BCUT2D eigenvalue weighted by Gasteiger charge is 2.09. The number of rotatable bonds is 7. The summed E-state index contributed by atoms with van der Waals surface area (Å²) in [5.41, 5.74) is 1.94. The summed E-state index contributed by atoms with van der Waals surface area (Å²) >= 11 is 0. The number of hydrogen-bond donors (Lipinski definition) is 1. The number of aryl methyl sites for hydroxylation is 3. The molecule has 2 rings (SSSR count). The van der Waals surface area contributed by atoms with Gasteiger partial charge in [-0.15, -0.1) is 0 Å². The summed E-state index contributed by atoms with van der Waals surface area (Å²) in [6.45, 7) is 5.39. The minimum absolute atomic E-state index is 0.185. The van der Waals surface area contributed by atoms with Crippen molar-refractivity contribution < 1.29 is 9.13 Å². The van der Waals surface area contributed by atoms with E-state index in [0.717, 1.165) is 30.2 Å². The molecule has 0 spiro atoms. The Hall–Kier alpha value is -1.88. The Labute approximate surface area is 125 Å². The second-order valence-electron chi connectivity index (χ2n) is 5.28. The van der Waals surface area contributed by atoms with E-state index in [1.807, 2.05) is 26.1 Å². The lowest BCUT2D eigenvalue weighted by Gasteiger charge is -2.15. The number of ether oxygens (including phenoxy) is 1. The highest BCUT2D eigenvalue weighted by molar-refractivity contribution is 5.30. The van der Waals surface area contributed by atoms with Crippen molar-refractivity contribution in [2.24, 2.45) is 0 Å². The third-order valence-electron chi connectivity index (χ3n) is 3.22. The van der Waals surface area contributed by atoms with E-state index >= 15 is 0 Å². The average molecular weight is 291 g/mol. The van der Waals surface area contributed by atoms with Crippen molar-refractivity contribution in [3.63, 3.8) is 0 Å². The third kappa shape index (κ3) is 4.56. The lowest BCUT2D eigenvalue weighted by atomic mass is 10.1. The maximum absolute atomic E-state index is 13.2. The van der Waals surface area contributed by atoms with Crippen molar-refractivity contribution in [3.05, 3.63) is 47.5 Å². The van der Waals surface area contributed by atoms with E-state index in [9.17, 15) is 4.39 Å². The normalized spacial score (nSPS) is 12.4. The molecule has 0 aliphatic rings. The van der Waals surface area contributed by atoms with Crippen LogP contribution in [0.2, 0.25) is 0 Å². The molecule has 1 atom stereocenters. The van der Waals surface area contributed by atoms with Gasteiger partial charge in [-0.25, -0.2) is 9.37 Å². The number of halogens is 1. The number of methoxy groups -OCH3 is 1. The van der Waals surface area contributed by atoms with Gasteiger partial charge in [-0.05, 0) is 38.0 Å². The fourth-order valence-electron chi connectivity index (χ4n) is 2.29. The van der Waals surface area contributed by atoms with Crippen molar-refractivity contribution in [2.45, 2.75) is 32.9 Å². The molecule has 0 fully saturated rings. The topological polar surface area (TPSA) is 39.1 Å². The van der Waals surface area contributed by atoms with Crippen LogP contribution >= 0.6 is 0 Å². The van der Waals surface area contributed by atoms with Crippen LogP contribution < -0.4 is 5.32 Å². The molecule has 4 nitrogen and oxygen atoms in total. The standard InChI is InChI=1S/C16H22FN3O/c1-12-10-20(16(18-12)19-13(2)11-21-3)8-7-14-5-4-6-15(17)9-14/h4-6,9-10,13H,7-8,11H2,1-3H3,(H,18,19). The number of nitrogens with one attached hydrogen (secondary N) is 1. The zero-order valence-electron chi connectivity index (χ0n) is 12.8. The molecule has 21 heavy (non-hydrogen) atoms. The Morgan fingerprint density at radius 1 is 1.43 bits per heavy atom. The lowest BCUT2D eigenvalue weighted by molar-refractivity contribution is 0.190. The van der Waals surface area contributed by atoms with Gasteiger partial charge in [0, 0.05) is 25.9 Å². The molecule has 5 heteroatoms. The fraction of sp³-hybridized carbons (Fsp3) is 0.438. The molecule has 0 saturated carbocycles. The molecule has 0 bridgehead atoms. The predicted octanol–water partition coefficient (Wildman–Crippen LogP) is 3.02. The fourth-order valence-corrected chi connectivity index (χ4v) is 2.29. The average Bonchev–Trinajstić information content (AvgIpc) is 2.77. The second kappa shape index (κ2) is 7.22. The number of imidazole rings is 1. The van der Waals surface area contributed by atoms with E-state index in [4.69, 9.17) is 4.74 Å². The number of aromatic nitrogens is 2. The molecule has 1 heterocycles. The van der Waals surface area contributed by atoms with Gasteiger partial charge in [-0.1, -0.05) is 12.1 Å². The summed E-state index contributed by atoms with van der Waals surface area (Å²) < 4.78 is 20.4. The van der Waals surface area contributed by atoms with Crippen molar-refractivity contribution in [2.75, 3.05) is 19.0 Å². The van der Waals surface area contributed by atoms with Crippen LogP contribution in [-0.4, -0.2) is 29.3 Å². The largest absolute Gasteiger partial charge is 0.383 e. The van der Waals surface area contributed by atoms with Crippen LogP contribution in [-0.2, 0) is 17.7 Å². The quantitative estimate of drug-likeness (QED) is 0.852. The molecule has 1 aromatic carbocycles. The van der Waals surface area contributed by atoms with Crippen LogP contribution in [0.15, 0.2) is 30.5 Å². The zero-order chi connectivity index (χ0) is 15.2. The molecule has 1 aromatic heterocycles. The van der Waals surface area contributed by atoms with Crippen molar-refractivity contribution in [1.82, 2.24) is 9.55 Å². The second-order valence-corrected chi connectivity index (χ2v) is 5.28. The summed E-state index contributed by atoms with van der Waals surface area (Å²) in [7, 11) is 1.68. The molecule has 0 aliphatic heterocycles. The first-order valence-electron chi connectivity index (χ1n) is 7.12. The first kappa shape index (κ1) is 15.5. The summed E-state index contributed by atoms with van der Waals surface area (Å²) in [4.78, 5) is 4.48. The Morgan fingerprint density at radius 2 is 2.24 bits per heavy atom. The lowest BCUT2D eigenvalue weighted by Crippen LogP contribution is -2.23. The van der Waals surface area contributed by atoms with Gasteiger partial charge in [0.2, 0.25) is 5.95 Å². The van der Waals surface area contributed by atoms with Crippen LogP contribution in [0, 0.1) is 12.7 Å². The number of anilines is 1. The minimum atomic E-state index is -0.193. The van der Waals surface area contributed by atoms with Gasteiger partial charge in [-0.3, -0.25) is 0 Å². The van der Waals surface area contributed by atoms with Crippen molar-refractivity contribution in [3.8, 4) is 0 Å². The molecule has 1 unspecified atom stereocenters. The minimum Gasteiger partial charge on any atom is -0.383 e. The Bertz CT molecular complexity index is 583. The van der Waals surface area contributed by atoms with Crippen LogP contribution in [0.25, 0.3) is 0 Å². The number of benzene rings is 1. The van der Waals surface area contributed by atoms with Gasteiger partial charge in [0.05, 0.1) is 12.3 Å². The molecule has 114 valence electrons. The van der Waals surface area contributed by atoms with E-state index in [0.29, 0.717) is 6.61 Å². The number of hydrogen-bond acceptors (Lipinski definition) is 3. The van der Waals surface area contributed by atoms with Crippen LogP contribution in [0.1, 0.15) is 18.2 Å². The molecule has 0 radical (unpaired) electrons. The van der Waals surface area contributed by atoms with Crippen LogP contribution in [0.3, 0.4) is 0 Å². The molecule has 2 aromatic rings. The first-order valence-corrected chi connectivity index (χ1v) is 7.12. The van der Waals surface area contributed by atoms with E-state index in [2.05, 4.69) is 14.9 Å². The van der Waals surface area contributed by atoms with Gasteiger partial charge < -0.3 is 14.6 Å². The SMILES string of the molecule is COCC(C)Nc1nc(C)cn1CCc1cccc(F)c1. The highest BCUT2D eigenvalue weighted by atomic mass is 19.1. The highest BCUT2D eigenvalue weighted by Crippen LogP contribution is 2.12. The maximum Gasteiger partial charge on any atom is 0.203 e. The van der Waals surface area contributed by atoms with Crippen LogP contribution in [0.5, 0.6) is 0 Å². The Kier molecular flexibility index (Phi) is 5.33. The van der Waals surface area contributed by atoms with Crippen molar-refractivity contribution in [1.29, 1.82) is 0 Å². The Morgan fingerprint density at radius 3 is 2.95 bits per heavy atom. The molecule has 0 saturated heterocycles. The molecular weight excluding hydrogens is 269 g/mol. The van der Waals surface area contributed by atoms with Gasteiger partial charge in [0.15, 0.2) is 0 Å². The third-order valence-corrected chi connectivity index (χ3v) is 3.22. The monoisotopic (exact) mass is 291 g/mol. The van der Waals surface area contributed by atoms with E-state index in [1.54, 1.807) is 19.2 Å². The number of nitrogens with zero attached hydrogens (tertiary/aromatic N) is 2. The van der Waals surface area contributed by atoms with Gasteiger partial charge in [0.25, 0.3) is 0 Å². The Balaban J connectivity index is 2.02. The molecule has 0 aliphatic carbocycles. The van der Waals surface area contributed by atoms with E-state index < -0.39 is 0 Å². The zero-order valence-corrected chi connectivity index (χ0v) is 12.8. The smallest absolute Gasteiger partial charge is 0.203 e. The van der Waals surface area contributed by atoms with Crippen LogP contribution in [0.4, 0.5) is 10.3 Å². The van der Waals surface area contributed by atoms with E-state index in [-0.39, 0.29) is 11.9 Å². The van der Waals surface area contributed by atoms with E-state index in [1.165, 1.54) is 6.07 Å². The van der Waals surface area contributed by atoms with Gasteiger partial charge in [0.1, 0.15) is 5.82 Å². The summed E-state index contributed by atoms with van der Waals surface area (Å²) in [6.07, 6.45) is 2.77. The molecular formula is C16H22FN3O. The van der Waals surface area contributed by atoms with Gasteiger partial charge >= 0.3 is 0 Å². The molecule has 1 N–H and O–H groups in total. The maximum atomic E-state index is 13.2. The summed E-state index contributed by atoms with van der Waals surface area (Å²) in [5, 5.41) is 3.33. The summed E-state index contributed by atoms with van der Waals surface area (Å²) in [6, 6.07) is 6.90. The summed E-state index contributed by atoms with van der Waals surface area (Å²) in [5.74, 6) is 0.634.